The van der Waals surface area contributed by atoms with E-state index in [0.29, 0.717) is 31.0 Å². The average Bonchev–Trinajstić information content (AvgIpc) is 3.31. The van der Waals surface area contributed by atoms with Crippen LogP contribution in [0.4, 0.5) is 0 Å². The molecule has 1 amide bonds. The summed E-state index contributed by atoms with van der Waals surface area (Å²) < 4.78 is 7.11. The largest absolute Gasteiger partial charge is 0.481 e. The standard InChI is InChI=1S/C19H29N3O4/c1-18(2,3)22-15(13-6-7-13)10-14(20-22)16(23)21-9-5-8-19(11-21,12-26-4)17(24)25/h10,13H,5-9,11-12H2,1-4H3,(H,24,25). The van der Waals surface area contributed by atoms with Crippen LogP contribution in [0.1, 0.15) is 68.6 Å². The Morgan fingerprint density at radius 2 is 2.08 bits per heavy atom. The molecule has 7 nitrogen and oxygen atoms in total. The lowest BCUT2D eigenvalue weighted by Gasteiger charge is -2.39. The molecular weight excluding hydrogens is 334 g/mol. The van der Waals surface area contributed by atoms with Crippen molar-refractivity contribution in [3.05, 3.63) is 17.5 Å². The zero-order chi connectivity index (χ0) is 19.1. The molecule has 1 N–H and O–H groups in total. The lowest BCUT2D eigenvalue weighted by atomic mass is 9.80. The predicted molar refractivity (Wildman–Crippen MR) is 96.3 cm³/mol. The minimum Gasteiger partial charge on any atom is -0.481 e. The van der Waals surface area contributed by atoms with Crippen LogP contribution in [-0.4, -0.2) is 58.5 Å². The number of carboxylic acid groups (broad SMARTS) is 1. The van der Waals surface area contributed by atoms with Crippen molar-refractivity contribution in [1.29, 1.82) is 0 Å². The SMILES string of the molecule is COCC1(C(=O)O)CCCN(C(=O)c2cc(C3CC3)n(C(C)(C)C)n2)C1. The first-order chi connectivity index (χ1) is 12.2. The molecule has 1 aromatic rings. The maximum absolute atomic E-state index is 13.1. The molecule has 0 bridgehead atoms. The number of hydrogen-bond donors (Lipinski definition) is 1. The molecule has 1 atom stereocenters. The quantitative estimate of drug-likeness (QED) is 0.869. The lowest BCUT2D eigenvalue weighted by molar-refractivity contribution is -0.155. The van der Waals surface area contributed by atoms with Gasteiger partial charge in [-0.25, -0.2) is 0 Å². The first-order valence-electron chi connectivity index (χ1n) is 9.30. The molecule has 1 saturated carbocycles. The van der Waals surface area contributed by atoms with E-state index in [2.05, 4.69) is 25.9 Å². The van der Waals surface area contributed by atoms with E-state index in [1.807, 2.05) is 10.7 Å². The summed E-state index contributed by atoms with van der Waals surface area (Å²) in [4.78, 5) is 26.5. The summed E-state index contributed by atoms with van der Waals surface area (Å²) >= 11 is 0. The number of aliphatic carboxylic acids is 1. The Labute approximate surface area is 154 Å². The summed E-state index contributed by atoms with van der Waals surface area (Å²) in [5.41, 5.74) is 0.299. The van der Waals surface area contributed by atoms with Crippen molar-refractivity contribution in [3.63, 3.8) is 0 Å². The van der Waals surface area contributed by atoms with E-state index >= 15 is 0 Å². The molecule has 2 aliphatic rings. The summed E-state index contributed by atoms with van der Waals surface area (Å²) in [6.45, 7) is 7.06. The maximum atomic E-state index is 13.1. The van der Waals surface area contributed by atoms with Crippen molar-refractivity contribution in [2.45, 2.75) is 57.9 Å². The number of hydrogen-bond acceptors (Lipinski definition) is 4. The number of piperidine rings is 1. The van der Waals surface area contributed by atoms with E-state index in [-0.39, 0.29) is 24.6 Å². The van der Waals surface area contributed by atoms with Gasteiger partial charge in [0.2, 0.25) is 0 Å². The molecule has 1 unspecified atom stereocenters. The number of nitrogens with zero attached hydrogens (tertiary/aromatic N) is 3. The molecule has 1 saturated heterocycles. The highest BCUT2D eigenvalue weighted by Crippen LogP contribution is 2.42. The predicted octanol–water partition coefficient (Wildman–Crippen LogP) is 2.47. The third kappa shape index (κ3) is 3.49. The molecule has 0 aromatic carbocycles. The lowest BCUT2D eigenvalue weighted by Crippen LogP contribution is -2.52. The molecule has 2 fully saturated rings. The third-order valence-corrected chi connectivity index (χ3v) is 5.33. The number of ether oxygens (including phenoxy) is 1. The van der Waals surface area contributed by atoms with Crippen LogP contribution in [-0.2, 0) is 15.1 Å². The van der Waals surface area contributed by atoms with E-state index in [0.717, 1.165) is 18.5 Å². The average molecular weight is 363 g/mol. The topological polar surface area (TPSA) is 84.7 Å². The van der Waals surface area contributed by atoms with Crippen LogP contribution in [0, 0.1) is 5.41 Å². The van der Waals surface area contributed by atoms with Gasteiger partial charge in [0.1, 0.15) is 5.41 Å². The second kappa shape index (κ2) is 6.68. The number of rotatable bonds is 5. The third-order valence-electron chi connectivity index (χ3n) is 5.33. The van der Waals surface area contributed by atoms with E-state index in [4.69, 9.17) is 4.74 Å². The Hall–Kier alpha value is -1.89. The van der Waals surface area contributed by atoms with E-state index in [1.165, 1.54) is 7.11 Å². The Morgan fingerprint density at radius 1 is 1.38 bits per heavy atom. The summed E-state index contributed by atoms with van der Waals surface area (Å²) in [6, 6.07) is 1.90. The number of amides is 1. The number of aromatic nitrogens is 2. The normalized spacial score (nSPS) is 23.9. The van der Waals surface area contributed by atoms with Gasteiger partial charge in [-0.3, -0.25) is 14.3 Å². The van der Waals surface area contributed by atoms with Gasteiger partial charge in [-0.05, 0) is 52.5 Å². The van der Waals surface area contributed by atoms with Gasteiger partial charge in [0.25, 0.3) is 5.91 Å². The second-order valence-electron chi connectivity index (χ2n) is 8.66. The Morgan fingerprint density at radius 3 is 2.62 bits per heavy atom. The fraction of sp³-hybridized carbons (Fsp3) is 0.737. The number of methoxy groups -OCH3 is 1. The minimum absolute atomic E-state index is 0.107. The number of carbonyl (C=O) groups excluding carboxylic acids is 1. The fourth-order valence-electron chi connectivity index (χ4n) is 3.80. The maximum Gasteiger partial charge on any atom is 0.313 e. The van der Waals surface area contributed by atoms with Crippen molar-refractivity contribution >= 4 is 11.9 Å². The van der Waals surface area contributed by atoms with Crippen LogP contribution in [0.5, 0.6) is 0 Å². The molecule has 0 radical (unpaired) electrons. The smallest absolute Gasteiger partial charge is 0.313 e. The molecule has 7 heteroatoms. The Kier molecular flexibility index (Phi) is 4.86. The summed E-state index contributed by atoms with van der Waals surface area (Å²) in [5, 5.41) is 14.3. The van der Waals surface area contributed by atoms with Crippen molar-refractivity contribution in [1.82, 2.24) is 14.7 Å². The van der Waals surface area contributed by atoms with Gasteiger partial charge in [-0.15, -0.1) is 0 Å². The van der Waals surface area contributed by atoms with Gasteiger partial charge in [-0.2, -0.15) is 5.10 Å². The van der Waals surface area contributed by atoms with Crippen molar-refractivity contribution in [2.24, 2.45) is 5.41 Å². The molecule has 0 spiro atoms. The zero-order valence-electron chi connectivity index (χ0n) is 16.1. The van der Waals surface area contributed by atoms with Crippen LogP contribution in [0.2, 0.25) is 0 Å². The highest BCUT2D eigenvalue weighted by Gasteiger charge is 2.44. The molecule has 144 valence electrons. The van der Waals surface area contributed by atoms with E-state index in [1.54, 1.807) is 4.90 Å². The number of carbonyl (C=O) groups is 2. The van der Waals surface area contributed by atoms with Crippen LogP contribution in [0.15, 0.2) is 6.07 Å². The Bertz CT molecular complexity index is 698. The number of likely N-dealkylation sites (tertiary alicyclic amines) is 1. The van der Waals surface area contributed by atoms with Crippen LogP contribution >= 0.6 is 0 Å². The van der Waals surface area contributed by atoms with Gasteiger partial charge in [0.15, 0.2) is 5.69 Å². The first kappa shape index (κ1) is 18.9. The molecule has 2 heterocycles. The summed E-state index contributed by atoms with van der Waals surface area (Å²) in [6.07, 6.45) is 3.44. The van der Waals surface area contributed by atoms with Crippen LogP contribution < -0.4 is 0 Å². The monoisotopic (exact) mass is 363 g/mol. The van der Waals surface area contributed by atoms with Crippen molar-refractivity contribution < 1.29 is 19.4 Å². The fourth-order valence-corrected chi connectivity index (χ4v) is 3.80. The van der Waals surface area contributed by atoms with Gasteiger partial charge in [0, 0.05) is 31.8 Å². The Balaban J connectivity index is 1.86. The van der Waals surface area contributed by atoms with Gasteiger partial charge >= 0.3 is 5.97 Å². The van der Waals surface area contributed by atoms with E-state index in [9.17, 15) is 14.7 Å². The molecule has 26 heavy (non-hydrogen) atoms. The molecule has 1 aliphatic heterocycles. The highest BCUT2D eigenvalue weighted by molar-refractivity contribution is 5.93. The molecule has 3 rings (SSSR count). The summed E-state index contributed by atoms with van der Waals surface area (Å²) in [5.74, 6) is -0.608. The second-order valence-corrected chi connectivity index (χ2v) is 8.66. The van der Waals surface area contributed by atoms with Crippen molar-refractivity contribution in [2.75, 3.05) is 26.8 Å². The zero-order valence-corrected chi connectivity index (χ0v) is 16.1. The summed E-state index contributed by atoms with van der Waals surface area (Å²) in [7, 11) is 1.50. The molecular formula is C19H29N3O4. The highest BCUT2D eigenvalue weighted by atomic mass is 16.5. The molecule has 1 aliphatic carbocycles. The molecule has 1 aromatic heterocycles. The number of carboxylic acids is 1. The minimum atomic E-state index is -1.03. The first-order valence-corrected chi connectivity index (χ1v) is 9.30. The van der Waals surface area contributed by atoms with E-state index < -0.39 is 11.4 Å². The van der Waals surface area contributed by atoms with Crippen LogP contribution in [0.3, 0.4) is 0 Å². The van der Waals surface area contributed by atoms with Crippen molar-refractivity contribution in [3.8, 4) is 0 Å². The van der Waals surface area contributed by atoms with Gasteiger partial charge in [0.05, 0.1) is 12.1 Å². The van der Waals surface area contributed by atoms with Crippen LogP contribution in [0.25, 0.3) is 0 Å². The van der Waals surface area contributed by atoms with Gasteiger partial charge < -0.3 is 14.7 Å². The van der Waals surface area contributed by atoms with Gasteiger partial charge in [-0.1, -0.05) is 0 Å².